The molecule has 0 radical (unpaired) electrons. The molecule has 63 heavy (non-hydrogen) atoms. The van der Waals surface area contributed by atoms with Crippen LogP contribution in [0.4, 0.5) is 0 Å². The van der Waals surface area contributed by atoms with Gasteiger partial charge in [0.2, 0.25) is 5.91 Å². The molecule has 0 aliphatic heterocycles. The van der Waals surface area contributed by atoms with E-state index in [9.17, 15) is 19.8 Å². The highest BCUT2D eigenvalue weighted by molar-refractivity contribution is 5.77. The predicted octanol–water partition coefficient (Wildman–Crippen LogP) is 16.4. The molecule has 6 nitrogen and oxygen atoms in total. The highest BCUT2D eigenvalue weighted by Gasteiger charge is 2.24. The lowest BCUT2D eigenvalue weighted by atomic mass is 10.0. The smallest absolute Gasteiger partial charge is 0.306 e. The number of ether oxygens (including phenoxy) is 1. The van der Waals surface area contributed by atoms with Gasteiger partial charge in [-0.2, -0.15) is 0 Å². The number of aliphatic hydroxyl groups is 2. The molecule has 0 bridgehead atoms. The van der Waals surface area contributed by atoms with Crippen LogP contribution in [0.5, 0.6) is 0 Å². The molecule has 0 fully saturated rings. The summed E-state index contributed by atoms with van der Waals surface area (Å²) in [5, 5.41) is 23.8. The van der Waals surface area contributed by atoms with Gasteiger partial charge in [0.25, 0.3) is 0 Å². The minimum absolute atomic E-state index is 0.0390. The van der Waals surface area contributed by atoms with Crippen LogP contribution in [-0.2, 0) is 14.3 Å². The first-order chi connectivity index (χ1) is 31.0. The van der Waals surface area contributed by atoms with Crippen LogP contribution in [0.2, 0.25) is 0 Å². The van der Waals surface area contributed by atoms with Crippen molar-refractivity contribution < 1.29 is 24.5 Å². The van der Waals surface area contributed by atoms with Crippen molar-refractivity contribution in [3.05, 3.63) is 60.8 Å². The van der Waals surface area contributed by atoms with Gasteiger partial charge in [-0.3, -0.25) is 9.59 Å². The number of carbonyl (C=O) groups excluding carboxylic acids is 2. The Bertz CT molecular complexity index is 1130. The van der Waals surface area contributed by atoms with Gasteiger partial charge in [0.15, 0.2) is 0 Å². The summed E-state index contributed by atoms with van der Waals surface area (Å²) in [6.45, 7) is 6.35. The summed E-state index contributed by atoms with van der Waals surface area (Å²) in [7, 11) is 0. The molecule has 0 saturated carbocycles. The first-order valence-corrected chi connectivity index (χ1v) is 27.1. The summed E-state index contributed by atoms with van der Waals surface area (Å²) < 4.78 is 5.91. The van der Waals surface area contributed by atoms with Crippen LogP contribution < -0.4 is 5.32 Å². The van der Waals surface area contributed by atoms with Crippen molar-refractivity contribution in [2.24, 2.45) is 0 Å². The maximum atomic E-state index is 13.2. The van der Waals surface area contributed by atoms with Crippen molar-refractivity contribution in [1.29, 1.82) is 0 Å². The van der Waals surface area contributed by atoms with E-state index in [0.29, 0.717) is 19.3 Å². The molecule has 0 aliphatic carbocycles. The van der Waals surface area contributed by atoms with Gasteiger partial charge < -0.3 is 20.3 Å². The second-order valence-electron chi connectivity index (χ2n) is 18.3. The maximum Gasteiger partial charge on any atom is 0.306 e. The van der Waals surface area contributed by atoms with Gasteiger partial charge in [-0.25, -0.2) is 0 Å². The molecule has 0 heterocycles. The number of hydrogen-bond donors (Lipinski definition) is 3. The summed E-state index contributed by atoms with van der Waals surface area (Å²) in [4.78, 5) is 26.2. The number of aliphatic hydroxyl groups excluding tert-OH is 2. The molecule has 0 aromatic carbocycles. The molecule has 0 saturated heterocycles. The van der Waals surface area contributed by atoms with E-state index in [0.717, 1.165) is 70.6 Å². The molecule has 0 aromatic rings. The van der Waals surface area contributed by atoms with E-state index in [1.165, 1.54) is 148 Å². The Morgan fingerprint density at radius 2 is 0.873 bits per heavy atom. The van der Waals surface area contributed by atoms with E-state index in [2.05, 4.69) is 86.8 Å². The van der Waals surface area contributed by atoms with Gasteiger partial charge in [-0.05, 0) is 64.2 Å². The zero-order valence-electron chi connectivity index (χ0n) is 41.7. The van der Waals surface area contributed by atoms with Gasteiger partial charge in [0, 0.05) is 6.42 Å². The first kappa shape index (κ1) is 60.6. The number of allylic oxidation sites excluding steroid dienone is 10. The second kappa shape index (κ2) is 50.6. The van der Waals surface area contributed by atoms with Crippen molar-refractivity contribution in [2.75, 3.05) is 6.61 Å². The topological polar surface area (TPSA) is 95.9 Å². The summed E-state index contributed by atoms with van der Waals surface area (Å²) in [5.41, 5.74) is 0. The minimum atomic E-state index is -0.803. The number of rotatable bonds is 48. The fourth-order valence-electron chi connectivity index (χ4n) is 8.07. The van der Waals surface area contributed by atoms with Crippen LogP contribution in [0.15, 0.2) is 60.8 Å². The number of unbranched alkanes of at least 4 members (excludes halogenated alkanes) is 29. The van der Waals surface area contributed by atoms with Crippen molar-refractivity contribution in [3.63, 3.8) is 0 Å². The van der Waals surface area contributed by atoms with Gasteiger partial charge in [-0.1, -0.05) is 248 Å². The molecular formula is C57H103NO5. The third kappa shape index (κ3) is 45.9. The largest absolute Gasteiger partial charge is 0.462 e. The van der Waals surface area contributed by atoms with Crippen LogP contribution in [0.1, 0.15) is 265 Å². The van der Waals surface area contributed by atoms with Crippen molar-refractivity contribution >= 4 is 11.9 Å². The molecule has 3 atom stereocenters. The van der Waals surface area contributed by atoms with Gasteiger partial charge in [-0.15, -0.1) is 0 Å². The standard InChI is InChI=1S/C57H103NO5/c1-4-7-10-13-16-19-22-25-28-31-34-37-40-43-46-49-55(60)54(52-59)58-56(61)51-53(48-45-42-39-36-33-30-27-24-21-18-15-12-9-6-3)63-57(62)50-47-44-41-38-35-32-29-26-23-20-17-14-11-8-5-2/h8,11,14,17,20,23,30,33,36,39,53-55,59-60H,4-7,9-10,12-13,15-16,18-19,21-22,24-29,31-32,34-35,37-38,40-52H2,1-3H3,(H,58,61)/b11-8+,17-14+,23-20+,33-30+,39-36+. The van der Waals surface area contributed by atoms with E-state index in [1.54, 1.807) is 0 Å². The molecule has 1 amide bonds. The summed E-state index contributed by atoms with van der Waals surface area (Å²) in [5.74, 6) is -0.531. The molecule has 0 aliphatic rings. The number of carbonyl (C=O) groups is 2. The number of amides is 1. The number of hydrogen-bond acceptors (Lipinski definition) is 5. The van der Waals surface area contributed by atoms with Gasteiger partial charge in [0.05, 0.1) is 25.2 Å². The summed E-state index contributed by atoms with van der Waals surface area (Å²) in [6, 6.07) is -0.720. The lowest BCUT2D eigenvalue weighted by Crippen LogP contribution is -2.46. The molecule has 366 valence electrons. The van der Waals surface area contributed by atoms with Crippen LogP contribution in [0.25, 0.3) is 0 Å². The lowest BCUT2D eigenvalue weighted by molar-refractivity contribution is -0.151. The number of nitrogens with one attached hydrogen (secondary N) is 1. The predicted molar refractivity (Wildman–Crippen MR) is 273 cm³/mol. The van der Waals surface area contributed by atoms with E-state index in [4.69, 9.17) is 4.74 Å². The van der Waals surface area contributed by atoms with Crippen molar-refractivity contribution in [3.8, 4) is 0 Å². The Labute approximate surface area is 390 Å². The zero-order valence-corrected chi connectivity index (χ0v) is 41.7. The quantitative estimate of drug-likeness (QED) is 0.0321. The normalized spacial score (nSPS) is 13.7. The Hall–Kier alpha value is -2.44. The molecule has 3 N–H and O–H groups in total. The first-order valence-electron chi connectivity index (χ1n) is 27.1. The molecule has 0 rings (SSSR count). The monoisotopic (exact) mass is 882 g/mol. The van der Waals surface area contributed by atoms with Crippen LogP contribution in [-0.4, -0.2) is 46.9 Å². The average molecular weight is 882 g/mol. The second-order valence-corrected chi connectivity index (χ2v) is 18.3. The minimum Gasteiger partial charge on any atom is -0.462 e. The molecule has 3 unspecified atom stereocenters. The van der Waals surface area contributed by atoms with Crippen LogP contribution >= 0.6 is 0 Å². The Kier molecular flexibility index (Phi) is 48.6. The lowest BCUT2D eigenvalue weighted by Gasteiger charge is -2.24. The van der Waals surface area contributed by atoms with E-state index in [1.807, 2.05) is 0 Å². The number of esters is 1. The van der Waals surface area contributed by atoms with Crippen LogP contribution in [0, 0.1) is 0 Å². The average Bonchev–Trinajstić information content (AvgIpc) is 3.28. The van der Waals surface area contributed by atoms with E-state index < -0.39 is 18.2 Å². The fourth-order valence-corrected chi connectivity index (χ4v) is 8.07. The summed E-state index contributed by atoms with van der Waals surface area (Å²) >= 11 is 0. The Balaban J connectivity index is 4.62. The van der Waals surface area contributed by atoms with E-state index in [-0.39, 0.29) is 24.9 Å². The maximum absolute atomic E-state index is 13.2. The Morgan fingerprint density at radius 1 is 0.476 bits per heavy atom. The molecule has 0 spiro atoms. The SMILES string of the molecule is CC/C=C/C=C/C=C/CCCCCCCCCC(=O)OC(CCC/C=C/C=C/CCCCCCCCC)CC(=O)NC(CO)C(O)CCCCCCCCCCCCCCCCC. The Morgan fingerprint density at radius 3 is 1.33 bits per heavy atom. The zero-order chi connectivity index (χ0) is 45.9. The molecule has 6 heteroatoms. The van der Waals surface area contributed by atoms with Gasteiger partial charge >= 0.3 is 5.97 Å². The summed E-state index contributed by atoms with van der Waals surface area (Å²) in [6.07, 6.45) is 62.8. The molecule has 0 aromatic heterocycles. The fraction of sp³-hybridized carbons (Fsp3) is 0.789. The third-order valence-corrected chi connectivity index (χ3v) is 12.2. The van der Waals surface area contributed by atoms with E-state index >= 15 is 0 Å². The van der Waals surface area contributed by atoms with Crippen LogP contribution in [0.3, 0.4) is 0 Å². The van der Waals surface area contributed by atoms with Crippen molar-refractivity contribution in [2.45, 2.75) is 283 Å². The highest BCUT2D eigenvalue weighted by Crippen LogP contribution is 2.17. The molecular weight excluding hydrogens is 779 g/mol. The highest BCUT2D eigenvalue weighted by atomic mass is 16.5. The third-order valence-electron chi connectivity index (χ3n) is 12.2. The van der Waals surface area contributed by atoms with Gasteiger partial charge in [0.1, 0.15) is 6.10 Å². The van der Waals surface area contributed by atoms with Crippen molar-refractivity contribution in [1.82, 2.24) is 5.32 Å².